The number of rotatable bonds is 2. The third-order valence-corrected chi connectivity index (χ3v) is 3.27. The fourth-order valence-corrected chi connectivity index (χ4v) is 2.28. The summed E-state index contributed by atoms with van der Waals surface area (Å²) >= 11 is 1.42. The Balaban J connectivity index is 1.99. The standard InChI is InChI=1S/C13H10N2OS/c14-13-15-8-12(17-13)11-7-6-10(16-11)9-4-2-1-3-5-9/h1-8H,(H2,14,15). The molecule has 2 aromatic heterocycles. The number of thiazole rings is 1. The van der Waals surface area contributed by atoms with Crippen LogP contribution >= 0.6 is 11.3 Å². The maximum Gasteiger partial charge on any atom is 0.180 e. The van der Waals surface area contributed by atoms with E-state index in [2.05, 4.69) is 4.98 Å². The molecule has 0 fully saturated rings. The van der Waals surface area contributed by atoms with Gasteiger partial charge in [-0.15, -0.1) is 0 Å². The Morgan fingerprint density at radius 3 is 2.47 bits per heavy atom. The molecular weight excluding hydrogens is 232 g/mol. The summed E-state index contributed by atoms with van der Waals surface area (Å²) in [5, 5.41) is 0.553. The van der Waals surface area contributed by atoms with Crippen molar-refractivity contribution in [2.75, 3.05) is 5.73 Å². The number of nitrogens with zero attached hydrogens (tertiary/aromatic N) is 1. The van der Waals surface area contributed by atoms with Crippen LogP contribution in [-0.2, 0) is 0 Å². The van der Waals surface area contributed by atoms with Crippen LogP contribution in [0.3, 0.4) is 0 Å². The number of nitrogens with two attached hydrogens (primary N) is 1. The highest BCUT2D eigenvalue weighted by molar-refractivity contribution is 7.18. The van der Waals surface area contributed by atoms with E-state index in [1.54, 1.807) is 6.20 Å². The number of anilines is 1. The zero-order chi connectivity index (χ0) is 11.7. The van der Waals surface area contributed by atoms with Crippen LogP contribution in [0.15, 0.2) is 53.1 Å². The van der Waals surface area contributed by atoms with E-state index in [0.717, 1.165) is 22.0 Å². The minimum absolute atomic E-state index is 0.553. The second-order valence-corrected chi connectivity index (χ2v) is 4.65. The molecule has 0 saturated heterocycles. The van der Waals surface area contributed by atoms with Gasteiger partial charge in [0.25, 0.3) is 0 Å². The van der Waals surface area contributed by atoms with Gasteiger partial charge in [-0.3, -0.25) is 0 Å². The lowest BCUT2D eigenvalue weighted by Crippen LogP contribution is -1.77. The lowest BCUT2D eigenvalue weighted by molar-refractivity contribution is 0.599. The van der Waals surface area contributed by atoms with Gasteiger partial charge >= 0.3 is 0 Å². The summed E-state index contributed by atoms with van der Waals surface area (Å²) in [5.74, 6) is 1.66. The van der Waals surface area contributed by atoms with Gasteiger partial charge in [0.2, 0.25) is 0 Å². The number of hydrogen-bond donors (Lipinski definition) is 1. The molecule has 0 aliphatic carbocycles. The third kappa shape index (κ3) is 1.94. The largest absolute Gasteiger partial charge is 0.455 e. The average molecular weight is 242 g/mol. The summed E-state index contributed by atoms with van der Waals surface area (Å²) in [6.07, 6.45) is 1.73. The molecule has 0 aliphatic rings. The summed E-state index contributed by atoms with van der Waals surface area (Å²) in [6.45, 7) is 0. The van der Waals surface area contributed by atoms with E-state index in [4.69, 9.17) is 10.2 Å². The Morgan fingerprint density at radius 1 is 1.00 bits per heavy atom. The van der Waals surface area contributed by atoms with E-state index in [0.29, 0.717) is 5.13 Å². The fraction of sp³-hybridized carbons (Fsp3) is 0. The summed E-state index contributed by atoms with van der Waals surface area (Å²) in [5.41, 5.74) is 6.67. The van der Waals surface area contributed by atoms with Crippen molar-refractivity contribution in [3.63, 3.8) is 0 Å². The zero-order valence-corrected chi connectivity index (χ0v) is 9.78. The number of benzene rings is 1. The Hall–Kier alpha value is -2.07. The molecule has 3 nitrogen and oxygen atoms in total. The molecule has 84 valence electrons. The minimum Gasteiger partial charge on any atom is -0.455 e. The molecule has 0 aliphatic heterocycles. The van der Waals surface area contributed by atoms with Crippen LogP contribution in [0, 0.1) is 0 Å². The van der Waals surface area contributed by atoms with Gasteiger partial charge in [-0.2, -0.15) is 0 Å². The van der Waals surface area contributed by atoms with E-state index in [1.807, 2.05) is 42.5 Å². The van der Waals surface area contributed by atoms with Crippen molar-refractivity contribution in [2.24, 2.45) is 0 Å². The Kier molecular flexibility index (Phi) is 2.42. The van der Waals surface area contributed by atoms with E-state index in [-0.39, 0.29) is 0 Å². The van der Waals surface area contributed by atoms with Crippen LogP contribution in [0.25, 0.3) is 22.0 Å². The van der Waals surface area contributed by atoms with Gasteiger partial charge in [0.15, 0.2) is 5.13 Å². The molecule has 0 amide bonds. The SMILES string of the molecule is Nc1ncc(-c2ccc(-c3ccccc3)o2)s1. The van der Waals surface area contributed by atoms with Crippen molar-refractivity contribution in [3.05, 3.63) is 48.7 Å². The molecule has 0 bridgehead atoms. The fourth-order valence-electron chi connectivity index (χ4n) is 1.63. The average Bonchev–Trinajstić information content (AvgIpc) is 2.98. The van der Waals surface area contributed by atoms with Crippen LogP contribution < -0.4 is 5.73 Å². The van der Waals surface area contributed by atoms with E-state index >= 15 is 0 Å². The normalized spacial score (nSPS) is 10.6. The highest BCUT2D eigenvalue weighted by Crippen LogP contribution is 2.32. The molecule has 3 aromatic rings. The van der Waals surface area contributed by atoms with E-state index in [9.17, 15) is 0 Å². The van der Waals surface area contributed by atoms with E-state index < -0.39 is 0 Å². The van der Waals surface area contributed by atoms with Crippen LogP contribution in [0.2, 0.25) is 0 Å². The van der Waals surface area contributed by atoms with Crippen molar-refractivity contribution in [3.8, 4) is 22.0 Å². The van der Waals surface area contributed by atoms with Crippen molar-refractivity contribution in [2.45, 2.75) is 0 Å². The lowest BCUT2D eigenvalue weighted by Gasteiger charge is -1.95. The van der Waals surface area contributed by atoms with Gasteiger partial charge < -0.3 is 10.2 Å². The molecular formula is C13H10N2OS. The molecule has 0 radical (unpaired) electrons. The molecule has 3 rings (SSSR count). The van der Waals surface area contributed by atoms with Crippen LogP contribution in [0.5, 0.6) is 0 Å². The molecule has 1 aromatic carbocycles. The van der Waals surface area contributed by atoms with Gasteiger partial charge in [0.05, 0.1) is 11.1 Å². The molecule has 17 heavy (non-hydrogen) atoms. The smallest absolute Gasteiger partial charge is 0.180 e. The van der Waals surface area contributed by atoms with Crippen molar-refractivity contribution in [1.82, 2.24) is 4.98 Å². The molecule has 2 N–H and O–H groups in total. The predicted octanol–water partition coefficient (Wildman–Crippen LogP) is 3.65. The molecule has 0 unspecified atom stereocenters. The van der Waals surface area contributed by atoms with Crippen LogP contribution in [0.4, 0.5) is 5.13 Å². The maximum absolute atomic E-state index is 5.78. The van der Waals surface area contributed by atoms with Gasteiger partial charge in [-0.25, -0.2) is 4.98 Å². The van der Waals surface area contributed by atoms with Gasteiger partial charge in [-0.1, -0.05) is 41.7 Å². The van der Waals surface area contributed by atoms with Crippen LogP contribution in [0.1, 0.15) is 0 Å². The van der Waals surface area contributed by atoms with E-state index in [1.165, 1.54) is 11.3 Å². The Labute approximate surface area is 103 Å². The Morgan fingerprint density at radius 2 is 1.76 bits per heavy atom. The summed E-state index contributed by atoms with van der Waals surface area (Å²) in [7, 11) is 0. The Bertz CT molecular complexity index is 628. The quantitative estimate of drug-likeness (QED) is 0.746. The maximum atomic E-state index is 5.78. The monoisotopic (exact) mass is 242 g/mol. The number of furan rings is 1. The minimum atomic E-state index is 0.553. The van der Waals surface area contributed by atoms with Crippen molar-refractivity contribution >= 4 is 16.5 Å². The predicted molar refractivity (Wildman–Crippen MR) is 69.7 cm³/mol. The molecule has 2 heterocycles. The third-order valence-electron chi connectivity index (χ3n) is 2.43. The zero-order valence-electron chi connectivity index (χ0n) is 8.96. The molecule has 0 saturated carbocycles. The van der Waals surface area contributed by atoms with Crippen molar-refractivity contribution < 1.29 is 4.42 Å². The molecule has 4 heteroatoms. The van der Waals surface area contributed by atoms with Crippen LogP contribution in [-0.4, -0.2) is 4.98 Å². The molecule has 0 spiro atoms. The first-order chi connectivity index (χ1) is 8.33. The second-order valence-electron chi connectivity index (χ2n) is 3.59. The first kappa shape index (κ1) is 10.1. The number of aromatic nitrogens is 1. The molecule has 0 atom stereocenters. The second kappa shape index (κ2) is 4.07. The van der Waals surface area contributed by atoms with Crippen molar-refractivity contribution in [1.29, 1.82) is 0 Å². The van der Waals surface area contributed by atoms with Gasteiger partial charge in [0.1, 0.15) is 11.5 Å². The van der Waals surface area contributed by atoms with Gasteiger partial charge in [-0.05, 0) is 12.1 Å². The number of nitrogen functional groups attached to an aromatic ring is 1. The topological polar surface area (TPSA) is 52.0 Å². The highest BCUT2D eigenvalue weighted by atomic mass is 32.1. The first-order valence-electron chi connectivity index (χ1n) is 5.20. The lowest BCUT2D eigenvalue weighted by atomic mass is 10.2. The summed E-state index contributed by atoms with van der Waals surface area (Å²) < 4.78 is 5.78. The van der Waals surface area contributed by atoms with Gasteiger partial charge in [0, 0.05) is 5.56 Å². The summed E-state index contributed by atoms with van der Waals surface area (Å²) in [6, 6.07) is 13.9. The highest BCUT2D eigenvalue weighted by Gasteiger charge is 2.08. The first-order valence-corrected chi connectivity index (χ1v) is 6.01. The summed E-state index contributed by atoms with van der Waals surface area (Å²) in [4.78, 5) is 4.96. The number of hydrogen-bond acceptors (Lipinski definition) is 4.